The van der Waals surface area contributed by atoms with Crippen LogP contribution >= 0.6 is 0 Å². The number of nitrogens with zero attached hydrogens (tertiary/aromatic N) is 1. The van der Waals surface area contributed by atoms with Gasteiger partial charge in [-0.05, 0) is 55.6 Å². The Kier molecular flexibility index (Phi) is 4.37. The fourth-order valence-electron chi connectivity index (χ4n) is 2.25. The molecule has 2 aromatic carbocycles. The molecular formula is C17H16N2O4S. The molecule has 1 heterocycles. The van der Waals surface area contributed by atoms with Crippen LogP contribution in [0.15, 0.2) is 59.6 Å². The number of aromatic nitrogens is 1. The van der Waals surface area contributed by atoms with Gasteiger partial charge in [-0.15, -0.1) is 0 Å². The van der Waals surface area contributed by atoms with Crippen molar-refractivity contribution in [2.24, 2.45) is 0 Å². The fourth-order valence-corrected chi connectivity index (χ4v) is 2.98. The number of ether oxygens (including phenoxy) is 2. The number of rotatable bonds is 5. The summed E-state index contributed by atoms with van der Waals surface area (Å²) in [5.41, 5.74) is 0.780. The van der Waals surface area contributed by atoms with Gasteiger partial charge < -0.3 is 9.47 Å². The van der Waals surface area contributed by atoms with Crippen LogP contribution in [0.5, 0.6) is 17.2 Å². The quantitative estimate of drug-likeness (QED) is 0.770. The van der Waals surface area contributed by atoms with E-state index in [1.54, 1.807) is 31.5 Å². The molecule has 0 aliphatic rings. The molecule has 0 saturated carbocycles. The molecule has 7 heteroatoms. The number of sulfonamides is 1. The predicted octanol–water partition coefficient (Wildman–Crippen LogP) is 2.94. The molecule has 0 atom stereocenters. The highest BCUT2D eigenvalue weighted by Gasteiger charge is 2.11. The van der Waals surface area contributed by atoms with Gasteiger partial charge in [0.05, 0.1) is 17.5 Å². The van der Waals surface area contributed by atoms with Gasteiger partial charge in [0.2, 0.25) is 10.0 Å². The van der Waals surface area contributed by atoms with Crippen molar-refractivity contribution in [1.82, 2.24) is 9.71 Å². The van der Waals surface area contributed by atoms with Gasteiger partial charge in [0.25, 0.3) is 0 Å². The highest BCUT2D eigenvalue weighted by atomic mass is 32.2. The van der Waals surface area contributed by atoms with Crippen molar-refractivity contribution < 1.29 is 17.9 Å². The van der Waals surface area contributed by atoms with Gasteiger partial charge in [0.1, 0.15) is 17.2 Å². The van der Waals surface area contributed by atoms with Crippen LogP contribution < -0.4 is 14.2 Å². The largest absolute Gasteiger partial charge is 0.497 e. The van der Waals surface area contributed by atoms with Gasteiger partial charge in [-0.25, -0.2) is 13.1 Å². The molecule has 0 bridgehead atoms. The summed E-state index contributed by atoms with van der Waals surface area (Å²) in [7, 11) is -0.496. The molecule has 0 amide bonds. The summed E-state index contributed by atoms with van der Waals surface area (Å²) >= 11 is 0. The van der Waals surface area contributed by atoms with Crippen LogP contribution in [0.25, 0.3) is 10.9 Å². The van der Waals surface area contributed by atoms with E-state index in [1.807, 2.05) is 18.2 Å². The van der Waals surface area contributed by atoms with Gasteiger partial charge in [-0.1, -0.05) is 0 Å². The standard InChI is InChI=1S/C17H16N2O4S/c1-18-24(20,21)14-6-3-12(4-7-14)23-17-9-10-19-16-8-5-13(22-2)11-15(16)17/h3-11,18H,1-2H3. The first kappa shape index (κ1) is 16.2. The number of hydrogen-bond acceptors (Lipinski definition) is 5. The maximum absolute atomic E-state index is 11.7. The van der Waals surface area contributed by atoms with Crippen molar-refractivity contribution in [3.63, 3.8) is 0 Å². The van der Waals surface area contributed by atoms with Crippen molar-refractivity contribution in [2.75, 3.05) is 14.2 Å². The molecule has 3 rings (SSSR count). The first-order valence-corrected chi connectivity index (χ1v) is 8.66. The number of fused-ring (bicyclic) bond motifs is 1. The molecular weight excluding hydrogens is 328 g/mol. The number of benzene rings is 2. The molecule has 0 fully saturated rings. The minimum Gasteiger partial charge on any atom is -0.497 e. The zero-order chi connectivity index (χ0) is 17.2. The van der Waals surface area contributed by atoms with Gasteiger partial charge in [0, 0.05) is 11.6 Å². The van der Waals surface area contributed by atoms with E-state index in [9.17, 15) is 8.42 Å². The Morgan fingerprint density at radius 1 is 1.00 bits per heavy atom. The Bertz CT molecular complexity index is 970. The molecule has 0 aliphatic heterocycles. The lowest BCUT2D eigenvalue weighted by Crippen LogP contribution is -2.18. The maximum Gasteiger partial charge on any atom is 0.240 e. The average Bonchev–Trinajstić information content (AvgIpc) is 2.62. The zero-order valence-corrected chi connectivity index (χ0v) is 14.0. The van der Waals surface area contributed by atoms with Crippen LogP contribution in [-0.2, 0) is 10.0 Å². The molecule has 6 nitrogen and oxygen atoms in total. The second kappa shape index (κ2) is 6.46. The van der Waals surface area contributed by atoms with Crippen LogP contribution in [0.1, 0.15) is 0 Å². The highest BCUT2D eigenvalue weighted by Crippen LogP contribution is 2.31. The van der Waals surface area contributed by atoms with Crippen LogP contribution in [0.4, 0.5) is 0 Å². The number of pyridine rings is 1. The Hall–Kier alpha value is -2.64. The van der Waals surface area contributed by atoms with E-state index in [0.29, 0.717) is 17.2 Å². The summed E-state index contributed by atoms with van der Waals surface area (Å²) in [5.74, 6) is 1.85. The first-order valence-electron chi connectivity index (χ1n) is 7.18. The Labute approximate surface area is 140 Å². The molecule has 124 valence electrons. The molecule has 0 unspecified atom stereocenters. The van der Waals surface area contributed by atoms with E-state index in [1.165, 1.54) is 19.2 Å². The van der Waals surface area contributed by atoms with Crippen LogP contribution in [0.2, 0.25) is 0 Å². The molecule has 1 N–H and O–H groups in total. The molecule has 0 saturated heterocycles. The van der Waals surface area contributed by atoms with Gasteiger partial charge in [0.15, 0.2) is 0 Å². The number of methoxy groups -OCH3 is 1. The minimum atomic E-state index is -3.46. The normalized spacial score (nSPS) is 11.4. The third-order valence-corrected chi connectivity index (χ3v) is 4.97. The van der Waals surface area contributed by atoms with Gasteiger partial charge in [-0.2, -0.15) is 0 Å². The summed E-state index contributed by atoms with van der Waals surface area (Å²) in [4.78, 5) is 4.47. The van der Waals surface area contributed by atoms with Gasteiger partial charge in [-0.3, -0.25) is 4.98 Å². The lowest BCUT2D eigenvalue weighted by Gasteiger charge is -2.10. The molecule has 3 aromatic rings. The molecule has 0 spiro atoms. The third-order valence-electron chi connectivity index (χ3n) is 3.54. The van der Waals surface area contributed by atoms with Gasteiger partial charge >= 0.3 is 0 Å². The summed E-state index contributed by atoms with van der Waals surface area (Å²) in [5, 5.41) is 0.809. The topological polar surface area (TPSA) is 77.5 Å². The third kappa shape index (κ3) is 3.17. The lowest BCUT2D eigenvalue weighted by atomic mass is 10.2. The van der Waals surface area contributed by atoms with Crippen molar-refractivity contribution in [2.45, 2.75) is 4.90 Å². The summed E-state index contributed by atoms with van der Waals surface area (Å²) in [6, 6.07) is 13.5. The molecule has 0 radical (unpaired) electrons. The van der Waals surface area contributed by atoms with Crippen molar-refractivity contribution in [3.8, 4) is 17.2 Å². The second-order valence-electron chi connectivity index (χ2n) is 4.97. The summed E-state index contributed by atoms with van der Waals surface area (Å²) in [6.45, 7) is 0. The number of nitrogens with one attached hydrogen (secondary N) is 1. The van der Waals surface area contributed by atoms with Crippen LogP contribution in [-0.4, -0.2) is 27.6 Å². The first-order chi connectivity index (χ1) is 11.5. The fraction of sp³-hybridized carbons (Fsp3) is 0.118. The Morgan fingerprint density at radius 2 is 1.71 bits per heavy atom. The van der Waals surface area contributed by atoms with Crippen molar-refractivity contribution >= 4 is 20.9 Å². The van der Waals surface area contributed by atoms with E-state index in [0.717, 1.165) is 10.9 Å². The average molecular weight is 344 g/mol. The minimum absolute atomic E-state index is 0.179. The SMILES string of the molecule is CNS(=O)(=O)c1ccc(Oc2ccnc3ccc(OC)cc23)cc1. The molecule has 1 aromatic heterocycles. The molecule has 0 aliphatic carbocycles. The predicted molar refractivity (Wildman–Crippen MR) is 91.1 cm³/mol. The van der Waals surface area contributed by atoms with E-state index in [2.05, 4.69) is 9.71 Å². The zero-order valence-electron chi connectivity index (χ0n) is 13.2. The van der Waals surface area contributed by atoms with E-state index >= 15 is 0 Å². The second-order valence-corrected chi connectivity index (χ2v) is 6.86. The Balaban J connectivity index is 1.95. The summed E-state index contributed by atoms with van der Waals surface area (Å²) in [6.07, 6.45) is 1.66. The van der Waals surface area contributed by atoms with Crippen LogP contribution in [0, 0.1) is 0 Å². The maximum atomic E-state index is 11.7. The van der Waals surface area contributed by atoms with E-state index < -0.39 is 10.0 Å². The van der Waals surface area contributed by atoms with Crippen molar-refractivity contribution in [1.29, 1.82) is 0 Å². The Morgan fingerprint density at radius 3 is 2.38 bits per heavy atom. The summed E-state index contributed by atoms with van der Waals surface area (Å²) < 4.78 is 36.9. The smallest absolute Gasteiger partial charge is 0.240 e. The van der Waals surface area contributed by atoms with Crippen LogP contribution in [0.3, 0.4) is 0 Å². The number of hydrogen-bond donors (Lipinski definition) is 1. The molecule has 24 heavy (non-hydrogen) atoms. The van der Waals surface area contributed by atoms with E-state index in [-0.39, 0.29) is 4.90 Å². The lowest BCUT2D eigenvalue weighted by molar-refractivity contribution is 0.415. The monoisotopic (exact) mass is 344 g/mol. The highest BCUT2D eigenvalue weighted by molar-refractivity contribution is 7.89. The van der Waals surface area contributed by atoms with Crippen molar-refractivity contribution in [3.05, 3.63) is 54.7 Å². The van der Waals surface area contributed by atoms with E-state index in [4.69, 9.17) is 9.47 Å².